The van der Waals surface area contributed by atoms with Gasteiger partial charge in [0.15, 0.2) is 11.5 Å². The van der Waals surface area contributed by atoms with Gasteiger partial charge < -0.3 is 19.3 Å². The highest BCUT2D eigenvalue weighted by atomic mass is 16.5. The van der Waals surface area contributed by atoms with E-state index in [2.05, 4.69) is 0 Å². The third-order valence-corrected chi connectivity index (χ3v) is 2.58. The van der Waals surface area contributed by atoms with Gasteiger partial charge in [-0.25, -0.2) is 4.79 Å². The van der Waals surface area contributed by atoms with Crippen LogP contribution in [0.5, 0.6) is 17.2 Å². The minimum absolute atomic E-state index is 0.503. The van der Waals surface area contributed by atoms with Gasteiger partial charge in [-0.15, -0.1) is 0 Å². The molecule has 0 amide bonds. The van der Waals surface area contributed by atoms with E-state index in [9.17, 15) is 4.79 Å². The second-order valence-electron chi connectivity index (χ2n) is 4.04. The van der Waals surface area contributed by atoms with Crippen molar-refractivity contribution in [3.8, 4) is 17.2 Å². The Labute approximate surface area is 112 Å². The van der Waals surface area contributed by atoms with Crippen molar-refractivity contribution >= 4 is 5.97 Å². The molecule has 0 heterocycles. The van der Waals surface area contributed by atoms with Crippen LogP contribution >= 0.6 is 0 Å². The Hall–Kier alpha value is -2.17. The lowest BCUT2D eigenvalue weighted by Crippen LogP contribution is -1.98. The Morgan fingerprint density at radius 3 is 2.05 bits per heavy atom. The van der Waals surface area contributed by atoms with Crippen LogP contribution in [0.4, 0.5) is 0 Å². The van der Waals surface area contributed by atoms with Crippen LogP contribution < -0.4 is 14.2 Å². The summed E-state index contributed by atoms with van der Waals surface area (Å²) in [6, 6.07) is 3.61. The van der Waals surface area contributed by atoms with Crippen LogP contribution in [0.2, 0.25) is 0 Å². The van der Waals surface area contributed by atoms with Crippen molar-refractivity contribution < 1.29 is 24.1 Å². The molecule has 0 fully saturated rings. The van der Waals surface area contributed by atoms with Gasteiger partial charge in [0.1, 0.15) is 0 Å². The topological polar surface area (TPSA) is 65.0 Å². The summed E-state index contributed by atoms with van der Waals surface area (Å²) in [7, 11) is 4.62. The first kappa shape index (κ1) is 14.9. The van der Waals surface area contributed by atoms with Crippen molar-refractivity contribution in [3.63, 3.8) is 0 Å². The number of hydrogen-bond acceptors (Lipinski definition) is 4. The lowest BCUT2D eigenvalue weighted by atomic mass is 10.0. The zero-order valence-corrected chi connectivity index (χ0v) is 11.5. The number of hydrogen-bond donors (Lipinski definition) is 1. The first-order valence-corrected chi connectivity index (χ1v) is 5.70. The monoisotopic (exact) mass is 266 g/mol. The molecule has 0 bridgehead atoms. The van der Waals surface area contributed by atoms with Gasteiger partial charge in [-0.3, -0.25) is 0 Å². The van der Waals surface area contributed by atoms with Crippen LogP contribution in [-0.2, 0) is 11.2 Å². The summed E-state index contributed by atoms with van der Waals surface area (Å²) in [5.74, 6) is 0.679. The molecule has 0 aliphatic heterocycles. The Morgan fingerprint density at radius 1 is 1.16 bits per heavy atom. The van der Waals surface area contributed by atoms with E-state index in [0.717, 1.165) is 11.1 Å². The van der Waals surface area contributed by atoms with Crippen molar-refractivity contribution in [1.29, 1.82) is 0 Å². The smallest absolute Gasteiger partial charge is 0.328 e. The predicted octanol–water partition coefficient (Wildman–Crippen LogP) is 2.29. The van der Waals surface area contributed by atoms with Gasteiger partial charge in [0.2, 0.25) is 5.75 Å². The van der Waals surface area contributed by atoms with E-state index in [0.29, 0.717) is 23.7 Å². The molecule has 0 atom stereocenters. The second-order valence-corrected chi connectivity index (χ2v) is 4.04. The van der Waals surface area contributed by atoms with E-state index in [1.54, 1.807) is 33.3 Å². The summed E-state index contributed by atoms with van der Waals surface area (Å²) in [4.78, 5) is 10.6. The number of ether oxygens (including phenoxy) is 3. The highest BCUT2D eigenvalue weighted by molar-refractivity contribution is 5.80. The van der Waals surface area contributed by atoms with Crippen molar-refractivity contribution in [3.05, 3.63) is 29.3 Å². The van der Waals surface area contributed by atoms with Crippen LogP contribution in [0.15, 0.2) is 23.8 Å². The fourth-order valence-electron chi connectivity index (χ4n) is 1.82. The van der Waals surface area contributed by atoms with Crippen LogP contribution in [0, 0.1) is 0 Å². The Kier molecular flexibility index (Phi) is 5.23. The van der Waals surface area contributed by atoms with Crippen LogP contribution in [0.3, 0.4) is 0 Å². The van der Waals surface area contributed by atoms with Crippen LogP contribution in [0.25, 0.3) is 0 Å². The molecule has 0 aliphatic rings. The minimum atomic E-state index is -0.954. The molecule has 5 nitrogen and oxygen atoms in total. The van der Waals surface area contributed by atoms with Gasteiger partial charge >= 0.3 is 5.97 Å². The summed E-state index contributed by atoms with van der Waals surface area (Å²) in [5.41, 5.74) is 1.63. The summed E-state index contributed by atoms with van der Waals surface area (Å²) in [6.07, 6.45) is 1.69. The number of allylic oxidation sites excluding steroid dienone is 1. The third-order valence-electron chi connectivity index (χ3n) is 2.58. The number of aliphatic carboxylic acids is 1. The number of carbonyl (C=O) groups is 1. The molecule has 0 unspecified atom stereocenters. The van der Waals surface area contributed by atoms with Crippen LogP contribution in [0.1, 0.15) is 12.5 Å². The molecule has 1 N–H and O–H groups in total. The molecular formula is C14H18O5. The van der Waals surface area contributed by atoms with Gasteiger partial charge in [-0.2, -0.15) is 0 Å². The maximum atomic E-state index is 10.6. The first-order chi connectivity index (χ1) is 9.01. The first-order valence-electron chi connectivity index (χ1n) is 5.70. The molecule has 5 heteroatoms. The number of methoxy groups -OCH3 is 3. The van der Waals surface area contributed by atoms with E-state index in [1.807, 2.05) is 0 Å². The summed E-state index contributed by atoms with van der Waals surface area (Å²) in [5, 5.41) is 8.70. The predicted molar refractivity (Wildman–Crippen MR) is 71.2 cm³/mol. The van der Waals surface area contributed by atoms with Crippen molar-refractivity contribution in [2.24, 2.45) is 0 Å². The molecule has 0 saturated heterocycles. The van der Waals surface area contributed by atoms with Crippen molar-refractivity contribution in [2.75, 3.05) is 21.3 Å². The maximum Gasteiger partial charge on any atom is 0.328 e. The molecule has 1 aromatic rings. The molecular weight excluding hydrogens is 248 g/mol. The highest BCUT2D eigenvalue weighted by Crippen LogP contribution is 2.38. The van der Waals surface area contributed by atoms with Gasteiger partial charge in [-0.1, -0.05) is 5.57 Å². The lowest BCUT2D eigenvalue weighted by molar-refractivity contribution is -0.131. The van der Waals surface area contributed by atoms with Crippen molar-refractivity contribution in [1.82, 2.24) is 0 Å². The Balaban J connectivity index is 3.13. The summed E-state index contributed by atoms with van der Waals surface area (Å²) in [6.45, 7) is 1.76. The fraction of sp³-hybridized carbons (Fsp3) is 0.357. The van der Waals surface area contributed by atoms with E-state index < -0.39 is 5.97 Å². The zero-order valence-electron chi connectivity index (χ0n) is 11.5. The Morgan fingerprint density at radius 2 is 1.68 bits per heavy atom. The number of rotatable bonds is 6. The standard InChI is InChI=1S/C14H18O5/c1-9(6-13(15)16)5-10-7-11(17-2)14(19-4)12(8-10)18-3/h6-8H,5H2,1-4H3,(H,15,16)/b9-6+. The van der Waals surface area contributed by atoms with E-state index in [4.69, 9.17) is 19.3 Å². The highest BCUT2D eigenvalue weighted by Gasteiger charge is 2.13. The molecule has 104 valence electrons. The van der Waals surface area contributed by atoms with E-state index >= 15 is 0 Å². The lowest BCUT2D eigenvalue weighted by Gasteiger charge is -2.14. The fourth-order valence-corrected chi connectivity index (χ4v) is 1.82. The molecule has 0 aliphatic carbocycles. The Bertz CT molecular complexity index is 466. The maximum absolute atomic E-state index is 10.6. The van der Waals surface area contributed by atoms with Gasteiger partial charge in [-0.05, 0) is 31.0 Å². The van der Waals surface area contributed by atoms with Crippen LogP contribution in [-0.4, -0.2) is 32.4 Å². The summed E-state index contributed by atoms with van der Waals surface area (Å²) >= 11 is 0. The zero-order chi connectivity index (χ0) is 14.4. The molecule has 0 radical (unpaired) electrons. The quantitative estimate of drug-likeness (QED) is 0.800. The third kappa shape index (κ3) is 3.91. The second kappa shape index (κ2) is 6.68. The average molecular weight is 266 g/mol. The average Bonchev–Trinajstić information content (AvgIpc) is 2.36. The van der Waals surface area contributed by atoms with Gasteiger partial charge in [0.05, 0.1) is 21.3 Å². The number of carboxylic acids is 1. The minimum Gasteiger partial charge on any atom is -0.493 e. The van der Waals surface area contributed by atoms with Crippen molar-refractivity contribution in [2.45, 2.75) is 13.3 Å². The molecule has 0 spiro atoms. The number of carboxylic acid groups (broad SMARTS) is 1. The van der Waals surface area contributed by atoms with E-state index in [1.165, 1.54) is 13.2 Å². The van der Waals surface area contributed by atoms with E-state index in [-0.39, 0.29) is 0 Å². The normalized spacial score (nSPS) is 11.1. The summed E-state index contributed by atoms with van der Waals surface area (Å²) < 4.78 is 15.7. The molecule has 1 aromatic carbocycles. The SMILES string of the molecule is COc1cc(C/C(C)=C/C(=O)O)cc(OC)c1OC. The number of benzene rings is 1. The molecule has 0 saturated carbocycles. The van der Waals surface area contributed by atoms with Gasteiger partial charge in [0.25, 0.3) is 0 Å². The largest absolute Gasteiger partial charge is 0.493 e. The molecule has 0 aromatic heterocycles. The molecule has 1 rings (SSSR count). The molecule has 19 heavy (non-hydrogen) atoms. The van der Waals surface area contributed by atoms with Gasteiger partial charge in [0, 0.05) is 6.08 Å².